The van der Waals surface area contributed by atoms with Crippen LogP contribution in [0.5, 0.6) is 0 Å². The van der Waals surface area contributed by atoms with Crippen molar-refractivity contribution >= 4 is 0 Å². The summed E-state index contributed by atoms with van der Waals surface area (Å²) in [5.41, 5.74) is 4.63. The molecule has 1 aliphatic rings. The molecule has 2 nitrogen and oxygen atoms in total. The molecule has 2 rings (SSSR count). The zero-order valence-electron chi connectivity index (χ0n) is 13.7. The average molecular weight is 275 g/mol. The summed E-state index contributed by atoms with van der Waals surface area (Å²) in [6.07, 6.45) is 2.26. The Morgan fingerprint density at radius 1 is 1.20 bits per heavy atom. The lowest BCUT2D eigenvalue weighted by Gasteiger charge is -2.32. The fourth-order valence-electron chi connectivity index (χ4n) is 2.79. The molecule has 1 fully saturated rings. The van der Waals surface area contributed by atoms with Gasteiger partial charge in [-0.2, -0.15) is 0 Å². The third kappa shape index (κ3) is 4.07. The predicted octanol–water partition coefficient (Wildman–Crippen LogP) is 3.64. The van der Waals surface area contributed by atoms with Crippen LogP contribution in [0.25, 0.3) is 0 Å². The predicted molar refractivity (Wildman–Crippen MR) is 85.2 cm³/mol. The summed E-state index contributed by atoms with van der Waals surface area (Å²) in [6.45, 7) is 13.9. The van der Waals surface area contributed by atoms with Gasteiger partial charge >= 0.3 is 0 Å². The molecular weight excluding hydrogens is 246 g/mol. The van der Waals surface area contributed by atoms with E-state index in [4.69, 9.17) is 4.74 Å². The Labute approximate surface area is 123 Å². The summed E-state index contributed by atoms with van der Waals surface area (Å²) in [5, 5.41) is 3.67. The molecule has 0 spiro atoms. The molecule has 20 heavy (non-hydrogen) atoms. The second kappa shape index (κ2) is 5.87. The van der Waals surface area contributed by atoms with E-state index in [1.807, 2.05) is 0 Å². The zero-order chi connectivity index (χ0) is 14.8. The first kappa shape index (κ1) is 15.5. The van der Waals surface area contributed by atoms with Gasteiger partial charge in [0.15, 0.2) is 0 Å². The molecule has 1 unspecified atom stereocenters. The topological polar surface area (TPSA) is 21.3 Å². The lowest BCUT2D eigenvalue weighted by atomic mass is 9.80. The summed E-state index contributed by atoms with van der Waals surface area (Å²) in [4.78, 5) is 0. The van der Waals surface area contributed by atoms with Gasteiger partial charge in [-0.15, -0.1) is 0 Å². The van der Waals surface area contributed by atoms with Gasteiger partial charge in [0.1, 0.15) is 0 Å². The Morgan fingerprint density at radius 2 is 1.95 bits per heavy atom. The number of rotatable bonds is 4. The number of hydrogen-bond donors (Lipinski definition) is 1. The van der Waals surface area contributed by atoms with Gasteiger partial charge < -0.3 is 10.1 Å². The van der Waals surface area contributed by atoms with E-state index in [1.165, 1.54) is 16.7 Å². The van der Waals surface area contributed by atoms with Crippen molar-refractivity contribution in [2.24, 2.45) is 5.41 Å². The minimum atomic E-state index is 0.165. The second-order valence-corrected chi connectivity index (χ2v) is 7.50. The van der Waals surface area contributed by atoms with Crippen LogP contribution in [0, 0.1) is 19.3 Å². The molecule has 1 aromatic rings. The van der Waals surface area contributed by atoms with Crippen molar-refractivity contribution in [3.63, 3.8) is 0 Å². The van der Waals surface area contributed by atoms with E-state index in [0.717, 1.165) is 32.6 Å². The SMILES string of the molecule is Cc1ccc(CC2(CNC(C)(C)C)CCOC2)cc1C. The maximum atomic E-state index is 5.71. The number of nitrogens with one attached hydrogen (secondary N) is 1. The fraction of sp³-hybridized carbons (Fsp3) is 0.667. The molecular formula is C18H29NO. The van der Waals surface area contributed by atoms with E-state index >= 15 is 0 Å². The molecule has 1 aliphatic heterocycles. The maximum Gasteiger partial charge on any atom is 0.0538 e. The van der Waals surface area contributed by atoms with Gasteiger partial charge in [-0.3, -0.25) is 0 Å². The number of aryl methyl sites for hydroxylation is 2. The van der Waals surface area contributed by atoms with Crippen LogP contribution in [0.4, 0.5) is 0 Å². The van der Waals surface area contributed by atoms with Crippen LogP contribution in [0.1, 0.15) is 43.9 Å². The highest BCUT2D eigenvalue weighted by atomic mass is 16.5. The van der Waals surface area contributed by atoms with Gasteiger partial charge in [0, 0.05) is 24.1 Å². The highest BCUT2D eigenvalue weighted by Gasteiger charge is 2.35. The van der Waals surface area contributed by atoms with E-state index in [2.05, 4.69) is 58.1 Å². The van der Waals surface area contributed by atoms with Crippen molar-refractivity contribution in [2.45, 2.75) is 53.0 Å². The van der Waals surface area contributed by atoms with Crippen LogP contribution in [0.2, 0.25) is 0 Å². The minimum Gasteiger partial charge on any atom is -0.381 e. The summed E-state index contributed by atoms with van der Waals surface area (Å²) in [7, 11) is 0. The first-order chi connectivity index (χ1) is 9.30. The normalized spacial score (nSPS) is 23.2. The molecule has 0 amide bonds. The van der Waals surface area contributed by atoms with Crippen molar-refractivity contribution in [1.29, 1.82) is 0 Å². The van der Waals surface area contributed by atoms with Gasteiger partial charge in [-0.05, 0) is 64.2 Å². The third-order valence-electron chi connectivity index (χ3n) is 4.33. The molecule has 112 valence electrons. The number of benzene rings is 1. The van der Waals surface area contributed by atoms with Crippen molar-refractivity contribution in [2.75, 3.05) is 19.8 Å². The van der Waals surface area contributed by atoms with Gasteiger partial charge in [0.05, 0.1) is 6.61 Å². The van der Waals surface area contributed by atoms with Crippen molar-refractivity contribution in [3.05, 3.63) is 34.9 Å². The Kier molecular flexibility index (Phi) is 4.55. The Balaban J connectivity index is 2.10. The van der Waals surface area contributed by atoms with Crippen molar-refractivity contribution < 1.29 is 4.74 Å². The molecule has 0 aliphatic carbocycles. The molecule has 0 saturated carbocycles. The maximum absolute atomic E-state index is 5.71. The highest BCUT2D eigenvalue weighted by Crippen LogP contribution is 2.33. The molecule has 0 radical (unpaired) electrons. The van der Waals surface area contributed by atoms with Gasteiger partial charge in [-0.1, -0.05) is 18.2 Å². The van der Waals surface area contributed by atoms with Crippen LogP contribution in [0.3, 0.4) is 0 Å². The van der Waals surface area contributed by atoms with Crippen molar-refractivity contribution in [1.82, 2.24) is 5.32 Å². The molecule has 2 heteroatoms. The van der Waals surface area contributed by atoms with Crippen molar-refractivity contribution in [3.8, 4) is 0 Å². The third-order valence-corrected chi connectivity index (χ3v) is 4.33. The molecule has 1 N–H and O–H groups in total. The van der Waals surface area contributed by atoms with Gasteiger partial charge in [-0.25, -0.2) is 0 Å². The van der Waals surface area contributed by atoms with Crippen LogP contribution in [-0.2, 0) is 11.2 Å². The van der Waals surface area contributed by atoms with Crippen LogP contribution in [0.15, 0.2) is 18.2 Å². The van der Waals surface area contributed by atoms with E-state index in [1.54, 1.807) is 0 Å². The van der Waals surface area contributed by atoms with Crippen LogP contribution < -0.4 is 5.32 Å². The van der Waals surface area contributed by atoms with E-state index in [9.17, 15) is 0 Å². The summed E-state index contributed by atoms with van der Waals surface area (Å²) < 4.78 is 5.71. The zero-order valence-corrected chi connectivity index (χ0v) is 13.7. The standard InChI is InChI=1S/C18H29NO/c1-14-6-7-16(10-15(14)2)11-18(8-9-20-13-18)12-19-17(3,4)5/h6-7,10,19H,8-9,11-13H2,1-5H3. The Morgan fingerprint density at radius 3 is 2.50 bits per heavy atom. The van der Waals surface area contributed by atoms with Gasteiger partial charge in [0.25, 0.3) is 0 Å². The summed E-state index contributed by atoms with van der Waals surface area (Å²) >= 11 is 0. The van der Waals surface area contributed by atoms with Crippen LogP contribution >= 0.6 is 0 Å². The Bertz CT molecular complexity index is 453. The quantitative estimate of drug-likeness (QED) is 0.906. The molecule has 1 aromatic carbocycles. The summed E-state index contributed by atoms with van der Waals surface area (Å²) in [5.74, 6) is 0. The van der Waals surface area contributed by atoms with Crippen LogP contribution in [-0.4, -0.2) is 25.3 Å². The largest absolute Gasteiger partial charge is 0.381 e. The lowest BCUT2D eigenvalue weighted by Crippen LogP contribution is -2.45. The monoisotopic (exact) mass is 275 g/mol. The average Bonchev–Trinajstić information content (AvgIpc) is 2.80. The molecule has 1 heterocycles. The molecule has 1 atom stereocenters. The van der Waals surface area contributed by atoms with E-state index in [0.29, 0.717) is 0 Å². The molecule has 0 bridgehead atoms. The van der Waals surface area contributed by atoms with E-state index in [-0.39, 0.29) is 11.0 Å². The first-order valence-electron chi connectivity index (χ1n) is 7.69. The number of hydrogen-bond acceptors (Lipinski definition) is 2. The summed E-state index contributed by atoms with van der Waals surface area (Å²) in [6, 6.07) is 6.86. The lowest BCUT2D eigenvalue weighted by molar-refractivity contribution is 0.144. The molecule has 1 saturated heterocycles. The highest BCUT2D eigenvalue weighted by molar-refractivity contribution is 5.30. The van der Waals surface area contributed by atoms with E-state index < -0.39 is 0 Å². The first-order valence-corrected chi connectivity index (χ1v) is 7.69. The smallest absolute Gasteiger partial charge is 0.0538 e. The minimum absolute atomic E-state index is 0.165. The molecule has 0 aromatic heterocycles. The fourth-order valence-corrected chi connectivity index (χ4v) is 2.79. The second-order valence-electron chi connectivity index (χ2n) is 7.50. The number of ether oxygens (including phenoxy) is 1. The van der Waals surface area contributed by atoms with Gasteiger partial charge in [0.2, 0.25) is 0 Å². The Hall–Kier alpha value is -0.860.